The Morgan fingerprint density at radius 1 is 1.45 bits per heavy atom. The monoisotopic (exact) mass is 378 g/mol. The molecule has 0 saturated heterocycles. The van der Waals surface area contributed by atoms with Crippen LogP contribution in [-0.2, 0) is 15.5 Å². The van der Waals surface area contributed by atoms with E-state index < -0.39 is 6.80 Å². The van der Waals surface area contributed by atoms with E-state index in [0.717, 1.165) is 22.2 Å². The molecule has 3 nitrogen and oxygen atoms in total. The van der Waals surface area contributed by atoms with E-state index in [9.17, 15) is 4.57 Å². The van der Waals surface area contributed by atoms with Gasteiger partial charge in [0.2, 0.25) is 0 Å². The maximum atomic E-state index is 12.7. The van der Waals surface area contributed by atoms with Crippen molar-refractivity contribution < 1.29 is 13.6 Å². The van der Waals surface area contributed by atoms with Crippen LogP contribution in [-0.4, -0.2) is 12.4 Å². The summed E-state index contributed by atoms with van der Waals surface area (Å²) in [5.41, 5.74) is 0.936. The fourth-order valence-electron chi connectivity index (χ4n) is 1.52. The first-order valence-electron chi connectivity index (χ1n) is 6.52. The molecule has 112 valence electrons. The van der Waals surface area contributed by atoms with Gasteiger partial charge in [-0.3, -0.25) is 4.52 Å². The van der Waals surface area contributed by atoms with Gasteiger partial charge < -0.3 is 4.52 Å². The Balaban J connectivity index is 2.97. The van der Waals surface area contributed by atoms with E-state index in [1.807, 2.05) is 26.0 Å². The van der Waals surface area contributed by atoms with Gasteiger partial charge in [0, 0.05) is 10.2 Å². The molecular weight excluding hydrogens is 359 g/mol. The Hall–Kier alpha value is -0.220. The first-order valence-corrected chi connectivity index (χ1v) is 10.4. The highest BCUT2D eigenvalue weighted by molar-refractivity contribution is 9.10. The Bertz CT molecular complexity index is 493. The van der Waals surface area contributed by atoms with Crippen molar-refractivity contribution >= 4 is 34.1 Å². The molecule has 1 unspecified atom stereocenters. The van der Waals surface area contributed by atoms with Crippen molar-refractivity contribution in [1.29, 1.82) is 0 Å². The van der Waals surface area contributed by atoms with Crippen LogP contribution in [0.3, 0.4) is 0 Å². The fraction of sp³-hybridized carbons (Fsp3) is 0.429. The summed E-state index contributed by atoms with van der Waals surface area (Å²) in [6.07, 6.45) is 3.36. The highest BCUT2D eigenvalue weighted by atomic mass is 79.9. The topological polar surface area (TPSA) is 35.5 Å². The predicted octanol–water partition coefficient (Wildman–Crippen LogP) is 5.84. The van der Waals surface area contributed by atoms with Gasteiger partial charge in [-0.15, -0.1) is 6.58 Å². The third-order valence-corrected chi connectivity index (χ3v) is 6.77. The minimum atomic E-state index is -3.16. The number of hydrogen-bond acceptors (Lipinski definition) is 4. The van der Waals surface area contributed by atoms with Crippen molar-refractivity contribution in [2.24, 2.45) is 0 Å². The van der Waals surface area contributed by atoms with Gasteiger partial charge in [-0.2, -0.15) is 0 Å². The third-order valence-electron chi connectivity index (χ3n) is 2.34. The fourth-order valence-corrected chi connectivity index (χ4v) is 5.41. The van der Waals surface area contributed by atoms with Gasteiger partial charge in [-0.05, 0) is 54.9 Å². The standard InChI is InChI=1S/C14H20BrO3PS/c1-4-7-12-11-13(15)8-9-14(12)18-19(16,17-6-3)20-10-5-2/h4,8-9,11H,1,5-7,10H2,2-3H3. The van der Waals surface area contributed by atoms with Crippen LogP contribution in [0, 0.1) is 0 Å². The zero-order valence-electron chi connectivity index (χ0n) is 11.8. The minimum absolute atomic E-state index is 0.362. The number of rotatable bonds is 9. The maximum Gasteiger partial charge on any atom is 0.440 e. The molecule has 0 spiro atoms. The van der Waals surface area contributed by atoms with Crippen LogP contribution < -0.4 is 4.52 Å². The van der Waals surface area contributed by atoms with Crippen molar-refractivity contribution in [2.45, 2.75) is 26.7 Å². The summed E-state index contributed by atoms with van der Waals surface area (Å²) in [5.74, 6) is 1.33. The highest BCUT2D eigenvalue weighted by Crippen LogP contribution is 2.60. The van der Waals surface area contributed by atoms with Crippen LogP contribution in [0.2, 0.25) is 0 Å². The molecule has 0 aliphatic carbocycles. The lowest BCUT2D eigenvalue weighted by Gasteiger charge is -2.19. The average Bonchev–Trinajstić information content (AvgIpc) is 2.40. The Labute approximate surface area is 133 Å². The van der Waals surface area contributed by atoms with Gasteiger partial charge >= 0.3 is 6.80 Å². The van der Waals surface area contributed by atoms with Crippen LogP contribution >= 0.6 is 34.1 Å². The van der Waals surface area contributed by atoms with Crippen LogP contribution in [0.25, 0.3) is 0 Å². The average molecular weight is 379 g/mol. The zero-order chi connectivity index (χ0) is 15.0. The van der Waals surface area contributed by atoms with Crippen LogP contribution in [0.1, 0.15) is 25.8 Å². The molecule has 0 bridgehead atoms. The van der Waals surface area contributed by atoms with Gasteiger partial charge in [-0.1, -0.05) is 28.9 Å². The summed E-state index contributed by atoms with van der Waals surface area (Å²) in [6.45, 7) is 4.79. The first kappa shape index (κ1) is 17.8. The van der Waals surface area contributed by atoms with Gasteiger partial charge in [0.25, 0.3) is 0 Å². The second-order valence-electron chi connectivity index (χ2n) is 4.03. The molecular formula is C14H20BrO3PS. The third kappa shape index (κ3) is 5.65. The van der Waals surface area contributed by atoms with E-state index in [-0.39, 0.29) is 0 Å². The summed E-state index contributed by atoms with van der Waals surface area (Å²) < 4.78 is 24.7. The maximum absolute atomic E-state index is 12.7. The van der Waals surface area contributed by atoms with Crippen LogP contribution in [0.5, 0.6) is 5.75 Å². The Morgan fingerprint density at radius 2 is 2.20 bits per heavy atom. The lowest BCUT2D eigenvalue weighted by molar-refractivity contribution is 0.295. The summed E-state index contributed by atoms with van der Waals surface area (Å²) in [7, 11) is 0. The molecule has 1 aromatic rings. The Kier molecular flexibility index (Phi) is 7.96. The molecule has 1 rings (SSSR count). The van der Waals surface area contributed by atoms with Crippen molar-refractivity contribution in [3.8, 4) is 5.75 Å². The molecule has 0 aromatic heterocycles. The second kappa shape index (κ2) is 8.93. The smallest absolute Gasteiger partial charge is 0.417 e. The normalized spacial score (nSPS) is 13.8. The second-order valence-corrected chi connectivity index (χ2v) is 9.07. The molecule has 0 heterocycles. The number of halogens is 1. The summed E-state index contributed by atoms with van der Waals surface area (Å²) in [4.78, 5) is 0. The van der Waals surface area contributed by atoms with Gasteiger partial charge in [0.05, 0.1) is 6.61 Å². The molecule has 0 amide bonds. The van der Waals surface area contributed by atoms with E-state index in [2.05, 4.69) is 22.5 Å². The summed E-state index contributed by atoms with van der Waals surface area (Å²) >= 11 is 4.67. The van der Waals surface area contributed by atoms with Crippen LogP contribution in [0.15, 0.2) is 35.3 Å². The largest absolute Gasteiger partial charge is 0.440 e. The Morgan fingerprint density at radius 3 is 2.80 bits per heavy atom. The molecule has 20 heavy (non-hydrogen) atoms. The predicted molar refractivity (Wildman–Crippen MR) is 90.7 cm³/mol. The van der Waals surface area contributed by atoms with E-state index in [1.54, 1.807) is 12.1 Å². The van der Waals surface area contributed by atoms with Gasteiger partial charge in [-0.25, -0.2) is 4.57 Å². The van der Waals surface area contributed by atoms with E-state index >= 15 is 0 Å². The molecule has 0 aliphatic heterocycles. The molecule has 0 fully saturated rings. The molecule has 0 saturated carbocycles. The molecule has 1 aromatic carbocycles. The first-order chi connectivity index (χ1) is 9.54. The molecule has 0 N–H and O–H groups in total. The van der Waals surface area contributed by atoms with E-state index in [4.69, 9.17) is 9.05 Å². The molecule has 0 aliphatic rings. The number of hydrogen-bond donors (Lipinski definition) is 0. The van der Waals surface area contributed by atoms with Gasteiger partial charge in [0.1, 0.15) is 5.75 Å². The number of allylic oxidation sites excluding steroid dienone is 1. The van der Waals surface area contributed by atoms with Crippen LogP contribution in [0.4, 0.5) is 0 Å². The molecule has 0 radical (unpaired) electrons. The van der Waals surface area contributed by atoms with E-state index in [0.29, 0.717) is 18.8 Å². The van der Waals surface area contributed by atoms with Crippen molar-refractivity contribution in [3.05, 3.63) is 40.9 Å². The van der Waals surface area contributed by atoms with Gasteiger partial charge in [0.15, 0.2) is 0 Å². The quantitative estimate of drug-likeness (QED) is 0.399. The lowest BCUT2D eigenvalue weighted by atomic mass is 10.1. The zero-order valence-corrected chi connectivity index (χ0v) is 15.1. The molecule has 6 heteroatoms. The highest BCUT2D eigenvalue weighted by Gasteiger charge is 2.27. The number of benzene rings is 1. The SMILES string of the molecule is C=CCc1cc(Br)ccc1OP(=O)(OCC)SCCC. The summed E-state index contributed by atoms with van der Waals surface area (Å²) in [5, 5.41) is 0. The summed E-state index contributed by atoms with van der Waals surface area (Å²) in [6, 6.07) is 5.61. The lowest BCUT2D eigenvalue weighted by Crippen LogP contribution is -1.98. The van der Waals surface area contributed by atoms with E-state index in [1.165, 1.54) is 11.4 Å². The minimum Gasteiger partial charge on any atom is -0.417 e. The van der Waals surface area contributed by atoms with Crippen molar-refractivity contribution in [2.75, 3.05) is 12.4 Å². The van der Waals surface area contributed by atoms with Crippen molar-refractivity contribution in [3.63, 3.8) is 0 Å². The van der Waals surface area contributed by atoms with Crippen molar-refractivity contribution in [1.82, 2.24) is 0 Å². The molecule has 1 atom stereocenters.